The lowest BCUT2D eigenvalue weighted by molar-refractivity contribution is -0.291. The number of esters is 1. The molecule has 1 aliphatic heterocycles. The smallest absolute Gasteiger partial charge is 0.425 e. The van der Waals surface area contributed by atoms with Crippen LogP contribution in [0.25, 0.3) is 0 Å². The summed E-state index contributed by atoms with van der Waals surface area (Å²) in [5.74, 6) is -2.06. The van der Waals surface area contributed by atoms with Gasteiger partial charge in [0.15, 0.2) is 5.78 Å². The van der Waals surface area contributed by atoms with Crippen LogP contribution in [0.1, 0.15) is 44.0 Å². The van der Waals surface area contributed by atoms with Crippen LogP contribution >= 0.6 is 0 Å². The maximum absolute atomic E-state index is 14.0. The summed E-state index contributed by atoms with van der Waals surface area (Å²) >= 11 is 0. The number of ketones is 1. The number of hydrogen-bond donors (Lipinski definition) is 1. The first kappa shape index (κ1) is 24.6. The first-order valence-electron chi connectivity index (χ1n) is 9.85. The second-order valence-corrected chi connectivity index (χ2v) is 8.54. The van der Waals surface area contributed by atoms with Crippen molar-refractivity contribution >= 4 is 23.5 Å². The van der Waals surface area contributed by atoms with Gasteiger partial charge in [0.05, 0.1) is 23.4 Å². The molecule has 12 heteroatoms. The minimum Gasteiger partial charge on any atom is -0.462 e. The van der Waals surface area contributed by atoms with Crippen LogP contribution in [0.15, 0.2) is 35.5 Å². The number of amides is 2. The lowest BCUT2D eigenvalue weighted by atomic mass is 9.69. The highest BCUT2D eigenvalue weighted by Crippen LogP contribution is 2.55. The number of nitrogens with one attached hydrogen (secondary N) is 1. The zero-order valence-electron chi connectivity index (χ0n) is 17.8. The minimum absolute atomic E-state index is 0.0622. The molecule has 0 fully saturated rings. The lowest BCUT2D eigenvalue weighted by Crippen LogP contribution is -2.74. The van der Waals surface area contributed by atoms with Crippen molar-refractivity contribution in [2.45, 2.75) is 51.5 Å². The van der Waals surface area contributed by atoms with Gasteiger partial charge in [-0.15, -0.1) is 0 Å². The summed E-state index contributed by atoms with van der Waals surface area (Å²) in [6.45, 7) is 4.67. The van der Waals surface area contributed by atoms with Crippen molar-refractivity contribution in [2.75, 3.05) is 11.5 Å². The van der Waals surface area contributed by atoms with Gasteiger partial charge in [-0.1, -0.05) is 13.8 Å². The number of urea groups is 1. The quantitative estimate of drug-likeness (QED) is 0.496. The van der Waals surface area contributed by atoms with Gasteiger partial charge in [-0.05, 0) is 43.0 Å². The van der Waals surface area contributed by atoms with E-state index in [0.717, 1.165) is 5.32 Å². The number of Topliss-reactive ketones (excluding diaryl/α,β-unsaturated/α-hetero) is 1. The zero-order chi connectivity index (χ0) is 25.0. The molecule has 0 atom stereocenters. The molecule has 1 aromatic carbocycles. The molecule has 1 aliphatic carbocycles. The Morgan fingerprint density at radius 3 is 2.06 bits per heavy atom. The summed E-state index contributed by atoms with van der Waals surface area (Å²) in [7, 11) is 0. The van der Waals surface area contributed by atoms with Gasteiger partial charge in [0.25, 0.3) is 5.54 Å². The normalized spacial score (nSPS) is 20.3. The predicted molar refractivity (Wildman–Crippen MR) is 103 cm³/mol. The summed E-state index contributed by atoms with van der Waals surface area (Å²) in [6, 6.07) is 3.09. The van der Waals surface area contributed by atoms with Crippen molar-refractivity contribution in [3.63, 3.8) is 0 Å². The van der Waals surface area contributed by atoms with E-state index in [0.29, 0.717) is 4.90 Å². The first-order chi connectivity index (χ1) is 15.1. The van der Waals surface area contributed by atoms with Crippen LogP contribution < -0.4 is 10.2 Å². The van der Waals surface area contributed by atoms with E-state index in [9.17, 15) is 40.7 Å². The van der Waals surface area contributed by atoms with Gasteiger partial charge < -0.3 is 10.1 Å². The standard InChI is InChI=1S/C21H20F6N2O4/c1-4-33-16(31)11-5-7-12(8-6-11)29-13-9-18(2,3)10-14(30)15(13)19(20(22,23)24,21(25,26)27)28-17(29)32/h5-8H,4,9-10H2,1-3H3,(H,28,32). The Bertz CT molecular complexity index is 1010. The second-order valence-electron chi connectivity index (χ2n) is 8.54. The molecule has 2 amide bonds. The third kappa shape index (κ3) is 3.95. The summed E-state index contributed by atoms with van der Waals surface area (Å²) in [5.41, 5.74) is -8.11. The number of ether oxygens (including phenoxy) is 1. The van der Waals surface area contributed by atoms with Crippen LogP contribution in [-0.4, -0.2) is 42.3 Å². The maximum Gasteiger partial charge on any atom is 0.425 e. The van der Waals surface area contributed by atoms with E-state index in [1.54, 1.807) is 6.92 Å². The van der Waals surface area contributed by atoms with Crippen molar-refractivity contribution in [1.82, 2.24) is 5.32 Å². The Morgan fingerprint density at radius 2 is 1.58 bits per heavy atom. The number of nitrogens with zero attached hydrogens (tertiary/aromatic N) is 1. The molecule has 3 rings (SSSR count). The van der Waals surface area contributed by atoms with Crippen LogP contribution in [0, 0.1) is 5.41 Å². The van der Waals surface area contributed by atoms with Gasteiger partial charge in [-0.3, -0.25) is 9.69 Å². The number of rotatable bonds is 3. The molecule has 6 nitrogen and oxygen atoms in total. The Balaban J connectivity index is 2.26. The Kier molecular flexibility index (Phi) is 5.79. The van der Waals surface area contributed by atoms with Crippen LogP contribution in [0.5, 0.6) is 0 Å². The Hall–Kier alpha value is -3.05. The minimum atomic E-state index is -6.03. The van der Waals surface area contributed by atoms with Gasteiger partial charge in [0, 0.05) is 12.1 Å². The van der Waals surface area contributed by atoms with Gasteiger partial charge in [0.2, 0.25) is 0 Å². The molecule has 0 radical (unpaired) electrons. The number of carbonyl (C=O) groups is 3. The van der Waals surface area contributed by atoms with Crippen LogP contribution in [0.2, 0.25) is 0 Å². The summed E-state index contributed by atoms with van der Waals surface area (Å²) < 4.78 is 88.6. The number of alkyl halides is 6. The highest BCUT2D eigenvalue weighted by molar-refractivity contribution is 6.08. The Labute approximate surface area is 184 Å². The van der Waals surface area contributed by atoms with Crippen molar-refractivity contribution in [1.29, 1.82) is 0 Å². The van der Waals surface area contributed by atoms with Gasteiger partial charge in [-0.25, -0.2) is 9.59 Å². The fraction of sp³-hybridized carbons (Fsp3) is 0.476. The Morgan fingerprint density at radius 1 is 1.03 bits per heavy atom. The number of halogens is 6. The van der Waals surface area contributed by atoms with E-state index >= 15 is 0 Å². The molecule has 0 bridgehead atoms. The SMILES string of the molecule is CCOC(=O)c1ccc(N2C(=O)NC(C(F)(F)F)(C(F)(F)F)C3=C2CC(C)(C)CC3=O)cc1. The molecule has 180 valence electrons. The second kappa shape index (κ2) is 7.77. The molecular weight excluding hydrogens is 458 g/mol. The largest absolute Gasteiger partial charge is 0.462 e. The molecule has 1 aromatic rings. The van der Waals surface area contributed by atoms with E-state index in [1.807, 2.05) is 0 Å². The summed E-state index contributed by atoms with van der Waals surface area (Å²) in [6.07, 6.45) is -13.0. The van der Waals surface area contributed by atoms with E-state index < -0.39 is 65.2 Å². The number of anilines is 1. The highest BCUT2D eigenvalue weighted by atomic mass is 19.4. The van der Waals surface area contributed by atoms with Crippen LogP contribution in [0.4, 0.5) is 36.8 Å². The van der Waals surface area contributed by atoms with E-state index in [2.05, 4.69) is 0 Å². The maximum atomic E-state index is 14.0. The third-order valence-electron chi connectivity index (χ3n) is 5.48. The molecule has 1 N–H and O–H groups in total. The fourth-order valence-corrected chi connectivity index (χ4v) is 4.13. The average Bonchev–Trinajstić information content (AvgIpc) is 2.64. The molecule has 0 saturated carbocycles. The zero-order valence-corrected chi connectivity index (χ0v) is 17.8. The van der Waals surface area contributed by atoms with E-state index in [4.69, 9.17) is 4.74 Å². The predicted octanol–water partition coefficient (Wildman–Crippen LogP) is 4.90. The summed E-state index contributed by atoms with van der Waals surface area (Å²) in [5, 5.41) is 1.04. The topological polar surface area (TPSA) is 75.7 Å². The van der Waals surface area contributed by atoms with Crippen LogP contribution in [-0.2, 0) is 9.53 Å². The van der Waals surface area contributed by atoms with Crippen molar-refractivity contribution in [3.8, 4) is 0 Å². The molecule has 0 unspecified atom stereocenters. The highest BCUT2D eigenvalue weighted by Gasteiger charge is 2.77. The van der Waals surface area contributed by atoms with E-state index in [1.165, 1.54) is 38.1 Å². The van der Waals surface area contributed by atoms with Crippen molar-refractivity contribution in [3.05, 3.63) is 41.1 Å². The van der Waals surface area contributed by atoms with Crippen molar-refractivity contribution in [2.24, 2.45) is 5.41 Å². The van der Waals surface area contributed by atoms with Gasteiger partial charge >= 0.3 is 24.4 Å². The van der Waals surface area contributed by atoms with Gasteiger partial charge in [0.1, 0.15) is 0 Å². The number of hydrogen-bond acceptors (Lipinski definition) is 4. The molecule has 0 spiro atoms. The lowest BCUT2D eigenvalue weighted by Gasteiger charge is -2.49. The third-order valence-corrected chi connectivity index (χ3v) is 5.48. The molecule has 33 heavy (non-hydrogen) atoms. The van der Waals surface area contributed by atoms with Gasteiger partial charge in [-0.2, -0.15) is 26.3 Å². The molecule has 2 aliphatic rings. The average molecular weight is 478 g/mol. The number of carbonyl (C=O) groups excluding carboxylic acids is 3. The van der Waals surface area contributed by atoms with Crippen molar-refractivity contribution < 1.29 is 45.5 Å². The fourth-order valence-electron chi connectivity index (χ4n) is 4.13. The number of allylic oxidation sites excluding steroid dienone is 1. The monoisotopic (exact) mass is 478 g/mol. The summed E-state index contributed by atoms with van der Waals surface area (Å²) in [4.78, 5) is 38.0. The van der Waals surface area contributed by atoms with Crippen LogP contribution in [0.3, 0.4) is 0 Å². The molecule has 0 saturated heterocycles. The molecule has 1 heterocycles. The molecular formula is C21H20F6N2O4. The number of benzene rings is 1. The molecule has 0 aromatic heterocycles. The first-order valence-corrected chi connectivity index (χ1v) is 9.85. The van der Waals surface area contributed by atoms with E-state index in [-0.39, 0.29) is 17.9 Å².